The van der Waals surface area contributed by atoms with Crippen LogP contribution >= 0.6 is 0 Å². The van der Waals surface area contributed by atoms with Crippen molar-refractivity contribution in [3.05, 3.63) is 23.2 Å². The van der Waals surface area contributed by atoms with E-state index >= 15 is 0 Å². The molecule has 5 nitrogen and oxygen atoms in total. The molecule has 0 fully saturated rings. The lowest BCUT2D eigenvalue weighted by atomic mass is 10.1. The predicted octanol–water partition coefficient (Wildman–Crippen LogP) is 1.54. The summed E-state index contributed by atoms with van der Waals surface area (Å²) in [4.78, 5) is 10.5. The normalized spacial score (nSPS) is 11.5. The van der Waals surface area contributed by atoms with E-state index in [1.165, 1.54) is 0 Å². The number of primary amides is 1. The third-order valence-corrected chi connectivity index (χ3v) is 1.98. The van der Waals surface area contributed by atoms with Crippen LogP contribution in [0.1, 0.15) is 30.9 Å². The first kappa shape index (κ1) is 11.3. The highest BCUT2D eigenvalue weighted by Crippen LogP contribution is 2.16. The molecular formula is C10H15N3O2. The van der Waals surface area contributed by atoms with E-state index in [-0.39, 0.29) is 0 Å². The Balaban J connectivity index is 2.94. The van der Waals surface area contributed by atoms with Crippen molar-refractivity contribution in [1.29, 1.82) is 0 Å². The Kier molecular flexibility index (Phi) is 3.49. The molecule has 1 aromatic rings. The summed E-state index contributed by atoms with van der Waals surface area (Å²) in [6.07, 6.45) is 0.857. The standard InChI is InChI=1S/C10H15N3O2/c1-4-8-5-6(2)15-9(8)7(3)12-13-10(11)14/h5H,4H2,1-3H3,(H3,11,13,14)/b12-7+. The summed E-state index contributed by atoms with van der Waals surface area (Å²) < 4.78 is 5.48. The van der Waals surface area contributed by atoms with Gasteiger partial charge in [0, 0.05) is 0 Å². The van der Waals surface area contributed by atoms with Crippen molar-refractivity contribution < 1.29 is 9.21 Å². The minimum atomic E-state index is -0.685. The Morgan fingerprint density at radius 1 is 1.67 bits per heavy atom. The lowest BCUT2D eigenvalue weighted by Crippen LogP contribution is -2.25. The lowest BCUT2D eigenvalue weighted by Gasteiger charge is -1.99. The number of hydrogen-bond acceptors (Lipinski definition) is 3. The second-order valence-corrected chi connectivity index (χ2v) is 3.24. The zero-order chi connectivity index (χ0) is 11.4. The van der Waals surface area contributed by atoms with Gasteiger partial charge < -0.3 is 10.2 Å². The summed E-state index contributed by atoms with van der Waals surface area (Å²) in [5.74, 6) is 1.53. The first-order valence-electron chi connectivity index (χ1n) is 4.74. The zero-order valence-electron chi connectivity index (χ0n) is 9.13. The number of nitrogens with two attached hydrogens (primary N) is 1. The van der Waals surface area contributed by atoms with Crippen LogP contribution in [-0.4, -0.2) is 11.7 Å². The lowest BCUT2D eigenvalue weighted by molar-refractivity contribution is 0.249. The van der Waals surface area contributed by atoms with Crippen molar-refractivity contribution in [2.24, 2.45) is 10.8 Å². The van der Waals surface area contributed by atoms with Gasteiger partial charge in [0.05, 0.1) is 0 Å². The number of carbonyl (C=O) groups excluding carboxylic acids is 1. The van der Waals surface area contributed by atoms with Crippen molar-refractivity contribution in [2.75, 3.05) is 0 Å². The van der Waals surface area contributed by atoms with Crippen molar-refractivity contribution in [3.8, 4) is 0 Å². The van der Waals surface area contributed by atoms with Gasteiger partial charge in [-0.3, -0.25) is 0 Å². The van der Waals surface area contributed by atoms with Gasteiger partial charge in [-0.05, 0) is 31.9 Å². The number of urea groups is 1. The molecule has 1 aromatic heterocycles. The molecule has 82 valence electrons. The number of aryl methyl sites for hydroxylation is 2. The fourth-order valence-corrected chi connectivity index (χ4v) is 1.33. The van der Waals surface area contributed by atoms with E-state index in [1.54, 1.807) is 6.92 Å². The average molecular weight is 209 g/mol. The molecule has 0 unspecified atom stereocenters. The second kappa shape index (κ2) is 4.63. The van der Waals surface area contributed by atoms with Crippen molar-refractivity contribution in [1.82, 2.24) is 5.43 Å². The van der Waals surface area contributed by atoms with Crippen LogP contribution in [0.25, 0.3) is 0 Å². The monoisotopic (exact) mass is 209 g/mol. The molecule has 5 heteroatoms. The Labute approximate surface area is 88.3 Å². The van der Waals surface area contributed by atoms with Crippen LogP contribution in [0.2, 0.25) is 0 Å². The topological polar surface area (TPSA) is 80.6 Å². The molecule has 2 amide bonds. The quantitative estimate of drug-likeness (QED) is 0.585. The van der Waals surface area contributed by atoms with E-state index in [1.807, 2.05) is 19.9 Å². The van der Waals surface area contributed by atoms with Crippen molar-refractivity contribution >= 4 is 11.7 Å². The third-order valence-electron chi connectivity index (χ3n) is 1.98. The number of furan rings is 1. The highest BCUT2D eigenvalue weighted by atomic mass is 16.3. The molecule has 0 radical (unpaired) electrons. The summed E-state index contributed by atoms with van der Waals surface area (Å²) in [6.45, 7) is 5.66. The summed E-state index contributed by atoms with van der Waals surface area (Å²) in [5.41, 5.74) is 8.76. The maximum atomic E-state index is 10.5. The van der Waals surface area contributed by atoms with Crippen LogP contribution in [0.3, 0.4) is 0 Å². The van der Waals surface area contributed by atoms with Gasteiger partial charge in [0.15, 0.2) is 5.76 Å². The highest BCUT2D eigenvalue weighted by molar-refractivity contribution is 5.98. The van der Waals surface area contributed by atoms with Gasteiger partial charge in [-0.25, -0.2) is 10.2 Å². The van der Waals surface area contributed by atoms with Crippen LogP contribution in [0, 0.1) is 6.92 Å². The number of nitrogens with zero attached hydrogens (tertiary/aromatic N) is 1. The van der Waals surface area contributed by atoms with Gasteiger partial charge in [-0.1, -0.05) is 6.92 Å². The summed E-state index contributed by atoms with van der Waals surface area (Å²) in [6, 6.07) is 1.27. The van der Waals surface area contributed by atoms with Gasteiger partial charge in [0.25, 0.3) is 0 Å². The number of hydrogen-bond donors (Lipinski definition) is 2. The molecular weight excluding hydrogens is 194 g/mol. The van der Waals surface area contributed by atoms with E-state index in [4.69, 9.17) is 10.2 Å². The number of amides is 2. The first-order chi connectivity index (χ1) is 7.04. The van der Waals surface area contributed by atoms with Crippen molar-refractivity contribution in [3.63, 3.8) is 0 Å². The van der Waals surface area contributed by atoms with E-state index in [0.717, 1.165) is 17.7 Å². The van der Waals surface area contributed by atoms with Gasteiger partial charge in [0.1, 0.15) is 11.5 Å². The molecule has 0 spiro atoms. The minimum absolute atomic E-state index is 0.610. The molecule has 15 heavy (non-hydrogen) atoms. The number of rotatable bonds is 3. The van der Waals surface area contributed by atoms with Crippen LogP contribution in [0.4, 0.5) is 4.79 Å². The molecule has 0 aliphatic carbocycles. The molecule has 0 aromatic carbocycles. The van der Waals surface area contributed by atoms with Gasteiger partial charge in [0.2, 0.25) is 0 Å². The average Bonchev–Trinajstić information content (AvgIpc) is 2.56. The molecule has 1 heterocycles. The first-order valence-corrected chi connectivity index (χ1v) is 4.74. The summed E-state index contributed by atoms with van der Waals surface area (Å²) in [7, 11) is 0. The molecule has 3 N–H and O–H groups in total. The van der Waals surface area contributed by atoms with Crippen LogP contribution in [0.15, 0.2) is 15.6 Å². The molecule has 0 atom stereocenters. The molecule has 0 bridgehead atoms. The van der Waals surface area contributed by atoms with Crippen LogP contribution in [0.5, 0.6) is 0 Å². The molecule has 0 saturated heterocycles. The minimum Gasteiger partial charge on any atom is -0.460 e. The smallest absolute Gasteiger partial charge is 0.332 e. The number of hydrazone groups is 1. The maximum Gasteiger partial charge on any atom is 0.332 e. The van der Waals surface area contributed by atoms with E-state index in [2.05, 4.69) is 10.5 Å². The summed E-state index contributed by atoms with van der Waals surface area (Å²) >= 11 is 0. The van der Waals surface area contributed by atoms with E-state index in [9.17, 15) is 4.79 Å². The zero-order valence-corrected chi connectivity index (χ0v) is 9.13. The number of nitrogens with one attached hydrogen (secondary N) is 1. The largest absolute Gasteiger partial charge is 0.460 e. The molecule has 1 rings (SSSR count). The Bertz CT molecular complexity index is 393. The van der Waals surface area contributed by atoms with E-state index in [0.29, 0.717) is 11.5 Å². The van der Waals surface area contributed by atoms with Gasteiger partial charge in [-0.15, -0.1) is 0 Å². The maximum absolute atomic E-state index is 10.5. The fourth-order valence-electron chi connectivity index (χ4n) is 1.33. The van der Waals surface area contributed by atoms with Crippen LogP contribution in [-0.2, 0) is 6.42 Å². The SMILES string of the molecule is CCc1cc(C)oc1/C(C)=N/NC(N)=O. The third kappa shape index (κ3) is 2.83. The Hall–Kier alpha value is -1.78. The molecule has 0 saturated carbocycles. The highest BCUT2D eigenvalue weighted by Gasteiger charge is 2.10. The second-order valence-electron chi connectivity index (χ2n) is 3.24. The number of carbonyl (C=O) groups is 1. The Morgan fingerprint density at radius 3 is 2.87 bits per heavy atom. The predicted molar refractivity (Wildman–Crippen MR) is 57.8 cm³/mol. The molecule has 0 aliphatic heterocycles. The molecule has 0 aliphatic rings. The summed E-state index contributed by atoms with van der Waals surface area (Å²) in [5, 5.41) is 3.81. The van der Waals surface area contributed by atoms with Crippen molar-refractivity contribution in [2.45, 2.75) is 27.2 Å². The van der Waals surface area contributed by atoms with Gasteiger partial charge in [-0.2, -0.15) is 5.10 Å². The van der Waals surface area contributed by atoms with Gasteiger partial charge >= 0.3 is 6.03 Å². The fraction of sp³-hybridized carbons (Fsp3) is 0.400. The Morgan fingerprint density at radius 2 is 2.33 bits per heavy atom. The van der Waals surface area contributed by atoms with Crippen LogP contribution < -0.4 is 11.2 Å². The van der Waals surface area contributed by atoms with E-state index < -0.39 is 6.03 Å².